The van der Waals surface area contributed by atoms with Crippen LogP contribution in [-0.4, -0.2) is 19.4 Å². The largest absolute Gasteiger partial charge is 0.489 e. The number of oxime groups is 1. The molecule has 0 radical (unpaired) electrons. The lowest BCUT2D eigenvalue weighted by atomic mass is 10.0. The molecule has 2 rings (SSSR count). The van der Waals surface area contributed by atoms with Gasteiger partial charge in [0.25, 0.3) is 0 Å². The number of halogens is 1. The Morgan fingerprint density at radius 3 is 2.13 bits per heavy atom. The molecule has 0 saturated heterocycles. The predicted molar refractivity (Wildman–Crippen MR) is 95.5 cm³/mol. The maximum atomic E-state index is 5.94. The fraction of sp³-hybridized carbons (Fsp3) is 0.211. The molecule has 0 bridgehead atoms. The van der Waals surface area contributed by atoms with Gasteiger partial charge in [-0.05, 0) is 48.4 Å². The summed E-state index contributed by atoms with van der Waals surface area (Å²) in [5.74, 6) is 0.802. The lowest BCUT2D eigenvalue weighted by molar-refractivity contribution is 0.214. The molecule has 23 heavy (non-hydrogen) atoms. The van der Waals surface area contributed by atoms with Gasteiger partial charge >= 0.3 is 0 Å². The fourth-order valence-electron chi connectivity index (χ4n) is 1.97. The van der Waals surface area contributed by atoms with Gasteiger partial charge in [-0.1, -0.05) is 42.4 Å². The van der Waals surface area contributed by atoms with Crippen molar-refractivity contribution in [1.29, 1.82) is 0 Å². The van der Waals surface area contributed by atoms with Crippen LogP contribution in [-0.2, 0) is 4.84 Å². The molecule has 0 saturated carbocycles. The molecule has 0 fully saturated rings. The summed E-state index contributed by atoms with van der Waals surface area (Å²) in [5, 5.41) is 4.82. The summed E-state index contributed by atoms with van der Waals surface area (Å²) in [6.07, 6.45) is 0.916. The topological polar surface area (TPSA) is 30.8 Å². The van der Waals surface area contributed by atoms with E-state index in [0.717, 1.165) is 34.6 Å². The molecule has 2 aromatic rings. The molecular weight excluding hydrogens is 310 g/mol. The Bertz CT molecular complexity index is 676. The summed E-state index contributed by atoms with van der Waals surface area (Å²) >= 11 is 5.94. The summed E-state index contributed by atoms with van der Waals surface area (Å²) in [5.41, 5.74) is 3.69. The first-order valence-electron chi connectivity index (χ1n) is 7.41. The van der Waals surface area contributed by atoms with E-state index < -0.39 is 0 Å². The maximum absolute atomic E-state index is 5.94. The van der Waals surface area contributed by atoms with Gasteiger partial charge in [-0.2, -0.15) is 0 Å². The van der Waals surface area contributed by atoms with Crippen molar-refractivity contribution in [2.45, 2.75) is 13.3 Å². The summed E-state index contributed by atoms with van der Waals surface area (Å²) < 4.78 is 5.69. The Hall–Kier alpha value is -2.26. The zero-order valence-corrected chi connectivity index (χ0v) is 14.1. The van der Waals surface area contributed by atoms with E-state index in [2.05, 4.69) is 18.7 Å². The van der Waals surface area contributed by atoms with Crippen molar-refractivity contribution < 1.29 is 9.57 Å². The highest BCUT2D eigenvalue weighted by atomic mass is 35.5. The second-order valence-corrected chi connectivity index (χ2v) is 5.48. The number of ether oxygens (including phenoxy) is 1. The van der Waals surface area contributed by atoms with Gasteiger partial charge in [-0.15, -0.1) is 0 Å². The monoisotopic (exact) mass is 329 g/mol. The van der Waals surface area contributed by atoms with E-state index in [4.69, 9.17) is 21.2 Å². The highest BCUT2D eigenvalue weighted by Gasteiger charge is 2.08. The quantitative estimate of drug-likeness (QED) is 0.403. The van der Waals surface area contributed by atoms with Gasteiger partial charge in [0.1, 0.15) is 25.2 Å². The zero-order valence-electron chi connectivity index (χ0n) is 13.4. The third-order valence-corrected chi connectivity index (χ3v) is 3.62. The second kappa shape index (κ2) is 8.39. The SMILES string of the molecule is C=C(CC)COc1ccc(C(=NOC)c2ccc(Cl)cc2)cc1. The second-order valence-electron chi connectivity index (χ2n) is 5.05. The molecular formula is C19H20ClNO2. The molecule has 0 aliphatic rings. The van der Waals surface area contributed by atoms with Gasteiger partial charge in [0.15, 0.2) is 0 Å². The van der Waals surface area contributed by atoms with Crippen LogP contribution in [0.1, 0.15) is 24.5 Å². The molecule has 120 valence electrons. The van der Waals surface area contributed by atoms with Gasteiger partial charge in [0, 0.05) is 16.1 Å². The molecule has 0 atom stereocenters. The van der Waals surface area contributed by atoms with Gasteiger partial charge in [-0.3, -0.25) is 0 Å². The molecule has 0 unspecified atom stereocenters. The summed E-state index contributed by atoms with van der Waals surface area (Å²) in [7, 11) is 1.53. The molecule has 0 aromatic heterocycles. The zero-order chi connectivity index (χ0) is 16.7. The highest BCUT2D eigenvalue weighted by molar-refractivity contribution is 6.30. The van der Waals surface area contributed by atoms with Crippen LogP contribution in [0.5, 0.6) is 5.75 Å². The number of rotatable bonds is 7. The summed E-state index contributed by atoms with van der Waals surface area (Å²) in [4.78, 5) is 4.98. The van der Waals surface area contributed by atoms with Crippen molar-refractivity contribution >= 4 is 17.3 Å². The third-order valence-electron chi connectivity index (χ3n) is 3.37. The molecule has 0 heterocycles. The Morgan fingerprint density at radius 2 is 1.61 bits per heavy atom. The van der Waals surface area contributed by atoms with Crippen molar-refractivity contribution in [2.75, 3.05) is 13.7 Å². The summed E-state index contributed by atoms with van der Waals surface area (Å²) in [6, 6.07) is 15.2. The van der Waals surface area contributed by atoms with E-state index in [1.807, 2.05) is 48.5 Å². The van der Waals surface area contributed by atoms with Crippen LogP contribution < -0.4 is 4.74 Å². The minimum Gasteiger partial charge on any atom is -0.489 e. The van der Waals surface area contributed by atoms with Crippen LogP contribution in [0.3, 0.4) is 0 Å². The van der Waals surface area contributed by atoms with Crippen molar-refractivity contribution in [3.8, 4) is 5.75 Å². The van der Waals surface area contributed by atoms with E-state index in [1.165, 1.54) is 7.11 Å². The van der Waals surface area contributed by atoms with Crippen molar-refractivity contribution in [3.05, 3.63) is 76.8 Å². The van der Waals surface area contributed by atoms with Gasteiger partial charge < -0.3 is 9.57 Å². The summed E-state index contributed by atoms with van der Waals surface area (Å²) in [6.45, 7) is 6.53. The lowest BCUT2D eigenvalue weighted by Crippen LogP contribution is -2.04. The van der Waals surface area contributed by atoms with Crippen LogP contribution in [0.4, 0.5) is 0 Å². The first-order chi connectivity index (χ1) is 11.1. The minimum atomic E-state index is 0.534. The molecule has 0 aliphatic carbocycles. The fourth-order valence-corrected chi connectivity index (χ4v) is 2.09. The van der Waals surface area contributed by atoms with Gasteiger partial charge in [0.2, 0.25) is 0 Å². The van der Waals surface area contributed by atoms with E-state index >= 15 is 0 Å². The molecule has 3 nitrogen and oxygen atoms in total. The first-order valence-corrected chi connectivity index (χ1v) is 7.78. The van der Waals surface area contributed by atoms with Crippen molar-refractivity contribution in [1.82, 2.24) is 0 Å². The van der Waals surface area contributed by atoms with E-state index in [0.29, 0.717) is 11.6 Å². The van der Waals surface area contributed by atoms with Crippen LogP contribution in [0.25, 0.3) is 0 Å². The number of nitrogens with zero attached hydrogens (tertiary/aromatic N) is 1. The molecule has 0 spiro atoms. The lowest BCUT2D eigenvalue weighted by Gasteiger charge is -2.10. The van der Waals surface area contributed by atoms with Gasteiger partial charge in [0.05, 0.1) is 0 Å². The van der Waals surface area contributed by atoms with Crippen LogP contribution >= 0.6 is 11.6 Å². The van der Waals surface area contributed by atoms with Crippen molar-refractivity contribution in [2.24, 2.45) is 5.16 Å². The number of benzene rings is 2. The number of hydrogen-bond donors (Lipinski definition) is 0. The van der Waals surface area contributed by atoms with Crippen LogP contribution in [0.2, 0.25) is 5.02 Å². The molecule has 0 aliphatic heterocycles. The molecule has 0 N–H and O–H groups in total. The van der Waals surface area contributed by atoms with E-state index in [1.54, 1.807) is 0 Å². The highest BCUT2D eigenvalue weighted by Crippen LogP contribution is 2.18. The minimum absolute atomic E-state index is 0.534. The molecule has 2 aromatic carbocycles. The van der Waals surface area contributed by atoms with Crippen LogP contribution in [0, 0.1) is 0 Å². The Labute approximate surface area is 142 Å². The average molecular weight is 330 g/mol. The van der Waals surface area contributed by atoms with Gasteiger partial charge in [-0.25, -0.2) is 0 Å². The van der Waals surface area contributed by atoms with Crippen molar-refractivity contribution in [3.63, 3.8) is 0 Å². The molecule has 4 heteroatoms. The predicted octanol–water partition coefficient (Wildman–Crippen LogP) is 5.08. The Morgan fingerprint density at radius 1 is 1.04 bits per heavy atom. The Balaban J connectivity index is 2.19. The third kappa shape index (κ3) is 4.86. The Kier molecular flexibility index (Phi) is 6.24. The number of hydrogen-bond acceptors (Lipinski definition) is 3. The maximum Gasteiger partial charge on any atom is 0.119 e. The van der Waals surface area contributed by atoms with E-state index in [9.17, 15) is 0 Å². The molecule has 0 amide bonds. The normalized spacial score (nSPS) is 11.2. The van der Waals surface area contributed by atoms with Crippen LogP contribution in [0.15, 0.2) is 65.8 Å². The first kappa shape index (κ1) is 17.1. The smallest absolute Gasteiger partial charge is 0.119 e. The standard InChI is InChI=1S/C19H20ClNO2/c1-4-14(2)13-23-18-11-7-16(8-12-18)19(21-22-3)15-5-9-17(20)10-6-15/h5-12H,2,4,13H2,1,3H3. The van der Waals surface area contributed by atoms with E-state index in [-0.39, 0.29) is 0 Å². The average Bonchev–Trinajstić information content (AvgIpc) is 2.59.